The van der Waals surface area contributed by atoms with Crippen LogP contribution in [0.15, 0.2) is 24.3 Å². The van der Waals surface area contributed by atoms with Gasteiger partial charge in [-0.25, -0.2) is 0 Å². The number of hydrogen-bond donors (Lipinski definition) is 1. The molecule has 0 aliphatic heterocycles. The van der Waals surface area contributed by atoms with E-state index in [1.54, 1.807) is 0 Å². The summed E-state index contributed by atoms with van der Waals surface area (Å²) in [5.74, 6) is 0.134. The van der Waals surface area contributed by atoms with Crippen LogP contribution in [0.5, 0.6) is 0 Å². The zero-order valence-electron chi connectivity index (χ0n) is 8.20. The summed E-state index contributed by atoms with van der Waals surface area (Å²) in [4.78, 5) is 0. The molecular formula is C12H13NO. The van der Waals surface area contributed by atoms with E-state index in [0.29, 0.717) is 0 Å². The molecule has 0 spiro atoms. The van der Waals surface area contributed by atoms with Crippen LogP contribution in [-0.4, -0.2) is 11.7 Å². The summed E-state index contributed by atoms with van der Waals surface area (Å²) in [5.41, 5.74) is 1.84. The van der Waals surface area contributed by atoms with Crippen molar-refractivity contribution >= 4 is 0 Å². The van der Waals surface area contributed by atoms with Crippen LogP contribution in [0.3, 0.4) is 0 Å². The molecule has 2 unspecified atom stereocenters. The number of benzene rings is 1. The molecule has 0 radical (unpaired) electrons. The molecule has 1 aliphatic rings. The van der Waals surface area contributed by atoms with Gasteiger partial charge in [-0.15, -0.1) is 0 Å². The summed E-state index contributed by atoms with van der Waals surface area (Å²) in [6.07, 6.45) is 0.795. The lowest BCUT2D eigenvalue weighted by Gasteiger charge is -2.08. The highest BCUT2D eigenvalue weighted by atomic mass is 16.3. The Labute approximate surface area is 83.8 Å². The summed E-state index contributed by atoms with van der Waals surface area (Å²) in [6.45, 7) is 2.14. The Morgan fingerprint density at radius 2 is 2.14 bits per heavy atom. The molecule has 2 nitrogen and oxygen atoms in total. The third-order valence-electron chi connectivity index (χ3n) is 3.09. The summed E-state index contributed by atoms with van der Waals surface area (Å²) in [7, 11) is 0. The van der Waals surface area contributed by atoms with Crippen molar-refractivity contribution in [3.8, 4) is 6.07 Å². The number of nitrogens with zero attached hydrogens (tertiary/aromatic N) is 1. The van der Waals surface area contributed by atoms with Gasteiger partial charge < -0.3 is 5.11 Å². The quantitative estimate of drug-likeness (QED) is 0.766. The average molecular weight is 187 g/mol. The van der Waals surface area contributed by atoms with E-state index in [0.717, 1.165) is 12.0 Å². The minimum atomic E-state index is -0.400. The van der Waals surface area contributed by atoms with Crippen LogP contribution in [0.25, 0.3) is 0 Å². The van der Waals surface area contributed by atoms with Crippen LogP contribution in [0.1, 0.15) is 17.5 Å². The molecular weight excluding hydrogens is 174 g/mol. The zero-order chi connectivity index (χ0) is 10.2. The van der Waals surface area contributed by atoms with Gasteiger partial charge in [0.15, 0.2) is 0 Å². The first-order valence-electron chi connectivity index (χ1n) is 4.82. The van der Waals surface area contributed by atoms with Gasteiger partial charge in [-0.05, 0) is 18.9 Å². The highest BCUT2D eigenvalue weighted by Gasteiger charge is 2.55. The lowest BCUT2D eigenvalue weighted by Crippen LogP contribution is -2.08. The summed E-state index contributed by atoms with van der Waals surface area (Å²) >= 11 is 0. The van der Waals surface area contributed by atoms with E-state index in [-0.39, 0.29) is 12.5 Å². The molecule has 0 aromatic heterocycles. The van der Waals surface area contributed by atoms with Crippen molar-refractivity contribution in [1.82, 2.24) is 0 Å². The largest absolute Gasteiger partial charge is 0.396 e. The van der Waals surface area contributed by atoms with Crippen LogP contribution in [0.4, 0.5) is 0 Å². The molecule has 2 heteroatoms. The third-order valence-corrected chi connectivity index (χ3v) is 3.09. The second-order valence-corrected chi connectivity index (χ2v) is 4.03. The molecule has 1 aromatic rings. The fourth-order valence-electron chi connectivity index (χ4n) is 1.96. The minimum Gasteiger partial charge on any atom is -0.396 e. The van der Waals surface area contributed by atoms with E-state index in [1.807, 2.05) is 31.2 Å². The number of rotatable bonds is 2. The van der Waals surface area contributed by atoms with E-state index in [2.05, 4.69) is 6.07 Å². The molecule has 0 amide bonds. The van der Waals surface area contributed by atoms with Crippen LogP contribution in [0.2, 0.25) is 0 Å². The Kier molecular flexibility index (Phi) is 2.05. The number of aryl methyl sites for hydroxylation is 1. The first-order valence-corrected chi connectivity index (χ1v) is 4.82. The monoisotopic (exact) mass is 187 g/mol. The Morgan fingerprint density at radius 3 is 2.57 bits per heavy atom. The van der Waals surface area contributed by atoms with Gasteiger partial charge in [-0.3, -0.25) is 0 Å². The Balaban J connectivity index is 2.32. The maximum absolute atomic E-state index is 9.12. The van der Waals surface area contributed by atoms with Crippen molar-refractivity contribution in [2.45, 2.75) is 18.8 Å². The molecule has 72 valence electrons. The van der Waals surface area contributed by atoms with Gasteiger partial charge in [0.05, 0.1) is 11.5 Å². The Bertz CT molecular complexity index is 376. The van der Waals surface area contributed by atoms with Crippen LogP contribution < -0.4 is 0 Å². The van der Waals surface area contributed by atoms with E-state index in [9.17, 15) is 0 Å². The van der Waals surface area contributed by atoms with Crippen molar-refractivity contribution < 1.29 is 5.11 Å². The van der Waals surface area contributed by atoms with Crippen LogP contribution in [0, 0.1) is 24.2 Å². The fraction of sp³-hybridized carbons (Fsp3) is 0.417. The van der Waals surface area contributed by atoms with Crippen molar-refractivity contribution in [1.29, 1.82) is 5.26 Å². The van der Waals surface area contributed by atoms with Gasteiger partial charge in [-0.1, -0.05) is 29.8 Å². The number of aliphatic hydroxyl groups is 1. The molecule has 2 atom stereocenters. The SMILES string of the molecule is Cc1ccc(C2(C#N)CC2CO)cc1. The molecule has 0 bridgehead atoms. The van der Waals surface area contributed by atoms with Gasteiger partial charge >= 0.3 is 0 Å². The lowest BCUT2D eigenvalue weighted by molar-refractivity contribution is 0.269. The van der Waals surface area contributed by atoms with E-state index in [4.69, 9.17) is 10.4 Å². The van der Waals surface area contributed by atoms with Gasteiger partial charge in [0.2, 0.25) is 0 Å². The Morgan fingerprint density at radius 1 is 1.50 bits per heavy atom. The lowest BCUT2D eigenvalue weighted by atomic mass is 9.94. The van der Waals surface area contributed by atoms with Crippen LogP contribution >= 0.6 is 0 Å². The molecule has 0 saturated heterocycles. The van der Waals surface area contributed by atoms with E-state index < -0.39 is 5.41 Å². The van der Waals surface area contributed by atoms with Crippen molar-refractivity contribution in [3.63, 3.8) is 0 Å². The second kappa shape index (κ2) is 3.11. The van der Waals surface area contributed by atoms with Crippen molar-refractivity contribution in [2.75, 3.05) is 6.61 Å². The summed E-state index contributed by atoms with van der Waals surface area (Å²) in [5, 5.41) is 18.2. The van der Waals surface area contributed by atoms with Gasteiger partial charge in [0, 0.05) is 12.5 Å². The average Bonchev–Trinajstić information content (AvgIpc) is 2.94. The highest BCUT2D eigenvalue weighted by Crippen LogP contribution is 2.53. The predicted octanol–water partition coefficient (Wildman–Crippen LogP) is 1.77. The molecule has 1 fully saturated rings. The smallest absolute Gasteiger partial charge is 0.0877 e. The van der Waals surface area contributed by atoms with Gasteiger partial charge in [0.1, 0.15) is 0 Å². The second-order valence-electron chi connectivity index (χ2n) is 4.03. The molecule has 2 rings (SSSR count). The van der Waals surface area contributed by atoms with Crippen molar-refractivity contribution in [2.24, 2.45) is 5.92 Å². The fourth-order valence-corrected chi connectivity index (χ4v) is 1.96. The van der Waals surface area contributed by atoms with Crippen molar-refractivity contribution in [3.05, 3.63) is 35.4 Å². The predicted molar refractivity (Wildman–Crippen MR) is 53.7 cm³/mol. The third kappa shape index (κ3) is 1.21. The topological polar surface area (TPSA) is 44.0 Å². The maximum atomic E-state index is 9.12. The Hall–Kier alpha value is -1.33. The first-order chi connectivity index (χ1) is 6.73. The van der Waals surface area contributed by atoms with Gasteiger partial charge in [0.25, 0.3) is 0 Å². The minimum absolute atomic E-state index is 0.113. The molecule has 14 heavy (non-hydrogen) atoms. The molecule has 1 aliphatic carbocycles. The number of nitriles is 1. The summed E-state index contributed by atoms with van der Waals surface area (Å²) in [6, 6.07) is 10.3. The zero-order valence-corrected chi connectivity index (χ0v) is 8.20. The highest BCUT2D eigenvalue weighted by molar-refractivity contribution is 5.42. The van der Waals surface area contributed by atoms with Gasteiger partial charge in [-0.2, -0.15) is 5.26 Å². The van der Waals surface area contributed by atoms with Crippen LogP contribution in [-0.2, 0) is 5.41 Å². The van der Waals surface area contributed by atoms with E-state index in [1.165, 1.54) is 5.56 Å². The molecule has 1 aromatic carbocycles. The normalized spacial score (nSPS) is 29.6. The first kappa shape index (κ1) is 9.23. The number of hydrogen-bond acceptors (Lipinski definition) is 2. The summed E-state index contributed by atoms with van der Waals surface area (Å²) < 4.78 is 0. The number of aliphatic hydroxyl groups excluding tert-OH is 1. The maximum Gasteiger partial charge on any atom is 0.0877 e. The molecule has 1 saturated carbocycles. The molecule has 0 heterocycles. The standard InChI is InChI=1S/C12H13NO/c1-9-2-4-10(5-3-9)12(8-13)6-11(12)7-14/h2-5,11,14H,6-7H2,1H3. The van der Waals surface area contributed by atoms with E-state index >= 15 is 0 Å². The molecule has 1 N–H and O–H groups in total.